The van der Waals surface area contributed by atoms with Crippen molar-refractivity contribution < 1.29 is 30.7 Å². The van der Waals surface area contributed by atoms with E-state index < -0.39 is 29.7 Å². The van der Waals surface area contributed by atoms with E-state index >= 15 is 0 Å². The molecule has 0 heterocycles. The number of nitriles is 1. The van der Waals surface area contributed by atoms with Crippen molar-refractivity contribution in [2.45, 2.75) is 43.6 Å². The van der Waals surface area contributed by atoms with E-state index in [2.05, 4.69) is 0 Å². The van der Waals surface area contributed by atoms with E-state index in [0.717, 1.165) is 13.8 Å². The zero-order valence-electron chi connectivity index (χ0n) is 11.0. The summed E-state index contributed by atoms with van der Waals surface area (Å²) >= 11 is 0. The topological polar surface area (TPSA) is 150 Å². The molecule has 0 amide bonds. The normalized spacial score (nSPS) is 15.4. The Balaban J connectivity index is 0. The number of hydrogen-bond acceptors (Lipinski definition) is 6. The van der Waals surface area contributed by atoms with Gasteiger partial charge >= 0.3 is 0 Å². The molecule has 2 N–H and O–H groups in total. The predicted octanol–water partition coefficient (Wildman–Crippen LogP) is 0.418. The predicted molar refractivity (Wildman–Crippen MR) is 67.5 cm³/mol. The summed E-state index contributed by atoms with van der Waals surface area (Å²) in [7, 11) is -8.45. The summed E-state index contributed by atoms with van der Waals surface area (Å²) in [6.07, 6.45) is 0.269. The van der Waals surface area contributed by atoms with Crippen molar-refractivity contribution in [1.82, 2.24) is 0 Å². The van der Waals surface area contributed by atoms with E-state index in [9.17, 15) is 21.6 Å². The average Bonchev–Trinajstić information content (AvgIpc) is 2.25. The van der Waals surface area contributed by atoms with Gasteiger partial charge in [0.1, 0.15) is 11.0 Å². The molecule has 1 atom stereocenters. The molecule has 0 aliphatic rings. The third-order valence-electron chi connectivity index (χ3n) is 2.43. The molecule has 10 heteroatoms. The minimum atomic E-state index is -4.23. The number of rotatable bonds is 4. The molecule has 0 saturated heterocycles. The first-order chi connectivity index (χ1) is 8.18. The Labute approximate surface area is 112 Å². The maximum atomic E-state index is 10.4. The lowest BCUT2D eigenvalue weighted by atomic mass is 10.1. The van der Waals surface area contributed by atoms with E-state index in [1.807, 2.05) is 0 Å². The largest absolute Gasteiger partial charge is 0.302 e. The number of carbonyl (C=O) groups excluding carboxylic acids is 1. The molecule has 0 aliphatic carbocycles. The van der Waals surface area contributed by atoms with Crippen LogP contribution in [-0.4, -0.2) is 41.7 Å². The van der Waals surface area contributed by atoms with Crippen LogP contribution in [-0.2, 0) is 25.0 Å². The van der Waals surface area contributed by atoms with Crippen molar-refractivity contribution in [3.63, 3.8) is 0 Å². The first-order valence-corrected chi connectivity index (χ1v) is 7.88. The zero-order chi connectivity index (χ0) is 16.1. The van der Waals surface area contributed by atoms with Gasteiger partial charge in [0.15, 0.2) is 4.75 Å². The Morgan fingerprint density at radius 3 is 1.47 bits per heavy atom. The van der Waals surface area contributed by atoms with Gasteiger partial charge in [-0.1, -0.05) is 6.92 Å². The lowest BCUT2D eigenvalue weighted by molar-refractivity contribution is -0.109. The lowest BCUT2D eigenvalue weighted by Crippen LogP contribution is -2.32. The van der Waals surface area contributed by atoms with E-state index in [0.29, 0.717) is 0 Å². The zero-order valence-corrected chi connectivity index (χ0v) is 12.6. The van der Waals surface area contributed by atoms with E-state index in [1.165, 1.54) is 19.9 Å². The Kier molecular flexibility index (Phi) is 6.86. The molecule has 8 nitrogen and oxygen atoms in total. The van der Waals surface area contributed by atoms with Crippen molar-refractivity contribution in [1.29, 1.82) is 5.26 Å². The van der Waals surface area contributed by atoms with E-state index in [4.69, 9.17) is 14.4 Å². The molecule has 0 aromatic heterocycles. The number of nitrogens with zero attached hydrogens (tertiary/aromatic N) is 1. The minimum absolute atomic E-state index is 0.0856. The summed E-state index contributed by atoms with van der Waals surface area (Å²) in [6, 6.07) is 1.53. The molecule has 0 rings (SSSR count). The van der Waals surface area contributed by atoms with Gasteiger partial charge in [-0.2, -0.15) is 22.1 Å². The molecule has 19 heavy (non-hydrogen) atoms. The summed E-state index contributed by atoms with van der Waals surface area (Å²) in [5, 5.41) is 8.33. The van der Waals surface area contributed by atoms with Crippen LogP contribution in [0.2, 0.25) is 0 Å². The monoisotopic (exact) mass is 315 g/mol. The molecule has 0 saturated carbocycles. The summed E-state index contributed by atoms with van der Waals surface area (Å²) in [6.45, 7) is 4.95. The van der Waals surface area contributed by atoms with Gasteiger partial charge in [0, 0.05) is 0 Å². The highest BCUT2D eigenvalue weighted by Gasteiger charge is 2.36. The summed E-state index contributed by atoms with van der Waals surface area (Å²) < 4.78 is 54.8. The average molecular weight is 315 g/mol. The number of hydrogen-bond donors (Lipinski definition) is 2. The van der Waals surface area contributed by atoms with Crippen molar-refractivity contribution >= 4 is 26.5 Å². The highest BCUT2D eigenvalue weighted by atomic mass is 32.2. The van der Waals surface area contributed by atoms with Crippen molar-refractivity contribution in [3.8, 4) is 6.07 Å². The molecule has 0 aromatic carbocycles. The van der Waals surface area contributed by atoms with Crippen LogP contribution < -0.4 is 0 Å². The second kappa shape index (κ2) is 6.42. The van der Waals surface area contributed by atoms with E-state index in [1.54, 1.807) is 0 Å². The fourth-order valence-corrected chi connectivity index (χ4v) is 0.982. The van der Waals surface area contributed by atoms with Gasteiger partial charge in [0.2, 0.25) is 0 Å². The molecule has 0 bridgehead atoms. The standard InChI is InChI=1S/C5H9NO3S.C4H8O4S/c1-3-5(2,4-6)10(7,8)9;1-4(2,3-5)9(6,7)8/h3H2,1-2H3,(H,7,8,9);3H,1-2H3,(H,6,7,8). The molecule has 0 aromatic rings. The maximum Gasteiger partial charge on any atom is 0.283 e. The van der Waals surface area contributed by atoms with Crippen LogP contribution in [0.15, 0.2) is 0 Å². The minimum Gasteiger partial charge on any atom is -0.302 e. The van der Waals surface area contributed by atoms with Crippen LogP contribution in [0.3, 0.4) is 0 Å². The SMILES string of the molecule is CC(C)(C=O)S(=O)(=O)O.CCC(C)(C#N)S(=O)(=O)O. The van der Waals surface area contributed by atoms with Gasteiger partial charge in [0.05, 0.1) is 6.07 Å². The first kappa shape index (κ1) is 20.3. The third kappa shape index (κ3) is 5.65. The molecular weight excluding hydrogens is 298 g/mol. The molecular formula is C9H17NO7S2. The first-order valence-electron chi connectivity index (χ1n) is 5.00. The van der Waals surface area contributed by atoms with E-state index in [-0.39, 0.29) is 12.7 Å². The maximum absolute atomic E-state index is 10.4. The van der Waals surface area contributed by atoms with Gasteiger partial charge in [-0.15, -0.1) is 0 Å². The van der Waals surface area contributed by atoms with Gasteiger partial charge < -0.3 is 4.79 Å². The Morgan fingerprint density at radius 1 is 1.11 bits per heavy atom. The fraction of sp³-hybridized carbons (Fsp3) is 0.778. The van der Waals surface area contributed by atoms with Crippen LogP contribution in [0.1, 0.15) is 34.1 Å². The van der Waals surface area contributed by atoms with Crippen molar-refractivity contribution in [2.24, 2.45) is 0 Å². The summed E-state index contributed by atoms with van der Waals surface area (Å²) in [4.78, 5) is 9.93. The Morgan fingerprint density at radius 2 is 1.47 bits per heavy atom. The second-order valence-electron chi connectivity index (χ2n) is 4.37. The smallest absolute Gasteiger partial charge is 0.283 e. The van der Waals surface area contributed by atoms with Crippen LogP contribution in [0, 0.1) is 11.3 Å². The van der Waals surface area contributed by atoms with Gasteiger partial charge in [-0.3, -0.25) is 9.11 Å². The number of aldehydes is 1. The van der Waals surface area contributed by atoms with Gasteiger partial charge in [0.25, 0.3) is 20.2 Å². The molecule has 0 aliphatic heterocycles. The molecule has 0 radical (unpaired) electrons. The highest BCUT2D eigenvalue weighted by molar-refractivity contribution is 7.88. The van der Waals surface area contributed by atoms with Crippen molar-refractivity contribution in [3.05, 3.63) is 0 Å². The quantitative estimate of drug-likeness (QED) is 0.559. The van der Waals surface area contributed by atoms with Crippen molar-refractivity contribution in [2.75, 3.05) is 0 Å². The number of carbonyl (C=O) groups is 1. The molecule has 112 valence electrons. The summed E-state index contributed by atoms with van der Waals surface area (Å²) in [5.41, 5.74) is 0. The molecule has 1 unspecified atom stereocenters. The fourth-order valence-electron chi connectivity index (χ4n) is 0.380. The highest BCUT2D eigenvalue weighted by Crippen LogP contribution is 2.17. The lowest BCUT2D eigenvalue weighted by Gasteiger charge is -2.13. The van der Waals surface area contributed by atoms with Gasteiger partial charge in [-0.05, 0) is 27.2 Å². The second-order valence-corrected chi connectivity index (χ2v) is 8.22. The van der Waals surface area contributed by atoms with Crippen LogP contribution in [0.5, 0.6) is 0 Å². The molecule has 0 spiro atoms. The van der Waals surface area contributed by atoms with Crippen LogP contribution in [0.4, 0.5) is 0 Å². The van der Waals surface area contributed by atoms with Crippen LogP contribution >= 0.6 is 0 Å². The van der Waals surface area contributed by atoms with Gasteiger partial charge in [-0.25, -0.2) is 0 Å². The molecule has 0 fully saturated rings. The van der Waals surface area contributed by atoms with Crippen LogP contribution in [0.25, 0.3) is 0 Å². The Bertz CT molecular complexity index is 556. The third-order valence-corrected chi connectivity index (χ3v) is 5.37. The summed E-state index contributed by atoms with van der Waals surface area (Å²) in [5.74, 6) is 0. The Hall–Kier alpha value is -1.02.